The van der Waals surface area contributed by atoms with Crippen molar-refractivity contribution in [2.24, 2.45) is 11.3 Å². The molecular weight excluding hydrogens is 420 g/mol. The third-order valence-electron chi connectivity index (χ3n) is 7.26. The molecule has 0 aromatic rings. The molecule has 3 aliphatic rings. The maximum Gasteiger partial charge on any atom is 0.316 e. The van der Waals surface area contributed by atoms with Crippen molar-refractivity contribution in [2.75, 3.05) is 5.75 Å². The summed E-state index contributed by atoms with van der Waals surface area (Å²) in [5, 5.41) is 21.7. The summed E-state index contributed by atoms with van der Waals surface area (Å²) < 4.78 is 5.36. The fraction of sp³-hybridized carbons (Fsp3) is 0.667. The van der Waals surface area contributed by atoms with Crippen LogP contribution in [0.15, 0.2) is 47.1 Å². The van der Waals surface area contributed by atoms with Crippen LogP contribution in [0.3, 0.4) is 0 Å². The molecule has 32 heavy (non-hydrogen) atoms. The van der Waals surface area contributed by atoms with E-state index in [-0.39, 0.29) is 23.6 Å². The number of fused-ring (bicyclic) bond motifs is 1. The lowest BCUT2D eigenvalue weighted by Crippen LogP contribution is -2.38. The Bertz CT molecular complexity index is 846. The van der Waals surface area contributed by atoms with Crippen LogP contribution in [0.1, 0.15) is 79.6 Å². The van der Waals surface area contributed by atoms with Crippen molar-refractivity contribution in [3.05, 3.63) is 47.1 Å². The standard InChI is InChI=1S/C27H40O4S/c1-7-21-12-13-22-19(9-8-14-26(21,22)6)10-11-20-15-27(30,16-23(28)18(20)2)32-17-24(29)31-25(3,4)5/h10-12,22-23,28,30H,2,7-9,13-17H2,1,3-6H3/t22-,23?,26+,27-/m0/s1. The highest BCUT2D eigenvalue weighted by atomic mass is 32.2. The zero-order chi connectivity index (χ0) is 23.7. The molecule has 2 fully saturated rings. The molecule has 4 atom stereocenters. The van der Waals surface area contributed by atoms with Gasteiger partial charge in [0.15, 0.2) is 0 Å². The minimum absolute atomic E-state index is 0.0488. The Morgan fingerprint density at radius 3 is 2.75 bits per heavy atom. The number of thioether (sulfide) groups is 1. The average molecular weight is 461 g/mol. The van der Waals surface area contributed by atoms with E-state index in [1.54, 1.807) is 5.57 Å². The molecule has 0 aromatic heterocycles. The minimum Gasteiger partial charge on any atom is -0.459 e. The van der Waals surface area contributed by atoms with Gasteiger partial charge in [0.2, 0.25) is 0 Å². The first-order chi connectivity index (χ1) is 14.9. The van der Waals surface area contributed by atoms with Crippen molar-refractivity contribution in [3.8, 4) is 0 Å². The van der Waals surface area contributed by atoms with E-state index >= 15 is 0 Å². The smallest absolute Gasteiger partial charge is 0.316 e. The van der Waals surface area contributed by atoms with Gasteiger partial charge in [-0.05, 0) is 75.4 Å². The molecule has 0 amide bonds. The molecule has 2 saturated carbocycles. The monoisotopic (exact) mass is 460 g/mol. The first-order valence-corrected chi connectivity index (χ1v) is 12.9. The summed E-state index contributed by atoms with van der Waals surface area (Å²) in [7, 11) is 0. The number of aliphatic hydroxyl groups excluding tert-OH is 1. The summed E-state index contributed by atoms with van der Waals surface area (Å²) >= 11 is 1.15. The summed E-state index contributed by atoms with van der Waals surface area (Å²) in [6.07, 6.45) is 12.2. The zero-order valence-corrected chi connectivity index (χ0v) is 21.2. The van der Waals surface area contributed by atoms with E-state index in [1.807, 2.05) is 20.8 Å². The van der Waals surface area contributed by atoms with Crippen LogP contribution in [0.25, 0.3) is 0 Å². The molecule has 2 N–H and O–H groups in total. The van der Waals surface area contributed by atoms with Crippen LogP contribution < -0.4 is 0 Å². The lowest BCUT2D eigenvalue weighted by molar-refractivity contribution is -0.151. The first-order valence-electron chi connectivity index (χ1n) is 11.9. The second-order valence-corrected chi connectivity index (χ2v) is 12.2. The number of rotatable bonds is 5. The molecule has 0 radical (unpaired) electrons. The van der Waals surface area contributed by atoms with Crippen molar-refractivity contribution < 1.29 is 19.7 Å². The molecule has 178 valence electrons. The van der Waals surface area contributed by atoms with Gasteiger partial charge < -0.3 is 14.9 Å². The maximum atomic E-state index is 12.1. The van der Waals surface area contributed by atoms with Crippen LogP contribution in [-0.4, -0.2) is 38.6 Å². The zero-order valence-electron chi connectivity index (χ0n) is 20.4. The summed E-state index contributed by atoms with van der Waals surface area (Å²) in [5.74, 6) is 0.238. The van der Waals surface area contributed by atoms with Crippen LogP contribution in [0.4, 0.5) is 0 Å². The van der Waals surface area contributed by atoms with E-state index in [1.165, 1.54) is 18.4 Å². The normalized spacial score (nSPS) is 35.7. The van der Waals surface area contributed by atoms with Crippen molar-refractivity contribution in [1.82, 2.24) is 0 Å². The number of ether oxygens (including phenoxy) is 1. The van der Waals surface area contributed by atoms with Gasteiger partial charge in [-0.3, -0.25) is 4.79 Å². The molecule has 0 spiro atoms. The first kappa shape index (κ1) is 25.3. The topological polar surface area (TPSA) is 66.8 Å². The molecule has 5 heteroatoms. The quantitative estimate of drug-likeness (QED) is 0.306. The van der Waals surface area contributed by atoms with Gasteiger partial charge in [0.1, 0.15) is 10.5 Å². The van der Waals surface area contributed by atoms with E-state index in [2.05, 4.69) is 38.7 Å². The number of aliphatic hydroxyl groups is 2. The predicted octanol–water partition coefficient (Wildman–Crippen LogP) is 5.86. The van der Waals surface area contributed by atoms with Gasteiger partial charge >= 0.3 is 5.97 Å². The van der Waals surface area contributed by atoms with E-state index in [0.717, 1.165) is 36.6 Å². The second kappa shape index (κ2) is 9.52. The van der Waals surface area contributed by atoms with Gasteiger partial charge in [-0.2, -0.15) is 0 Å². The molecule has 0 bridgehead atoms. The lowest BCUT2D eigenvalue weighted by atomic mass is 9.64. The molecule has 1 unspecified atom stereocenters. The molecule has 0 heterocycles. The van der Waals surface area contributed by atoms with E-state index in [9.17, 15) is 15.0 Å². The van der Waals surface area contributed by atoms with Crippen LogP contribution in [0, 0.1) is 11.3 Å². The Morgan fingerprint density at radius 2 is 2.09 bits per heavy atom. The molecule has 3 aliphatic carbocycles. The SMILES string of the molecule is C=C1C(=CC=C2CCC[C@]3(C)C(CC)=CC[C@@H]23)C[C@](O)(SCC(=O)OC(C)(C)C)CC1O. The van der Waals surface area contributed by atoms with E-state index in [0.29, 0.717) is 17.9 Å². The highest BCUT2D eigenvalue weighted by Crippen LogP contribution is 2.55. The molecule has 0 aromatic carbocycles. The summed E-state index contributed by atoms with van der Waals surface area (Å²) in [6, 6.07) is 0. The minimum atomic E-state index is -1.22. The fourth-order valence-electron chi connectivity index (χ4n) is 5.62. The van der Waals surface area contributed by atoms with Crippen molar-refractivity contribution in [1.29, 1.82) is 0 Å². The summed E-state index contributed by atoms with van der Waals surface area (Å²) in [5.41, 5.74) is 4.30. The largest absolute Gasteiger partial charge is 0.459 e. The number of carbonyl (C=O) groups excluding carboxylic acids is 1. The Morgan fingerprint density at radius 1 is 1.38 bits per heavy atom. The van der Waals surface area contributed by atoms with Crippen molar-refractivity contribution in [3.63, 3.8) is 0 Å². The second-order valence-electron chi connectivity index (χ2n) is 10.8. The Hall–Kier alpha value is -1.30. The van der Waals surface area contributed by atoms with Crippen LogP contribution in [-0.2, 0) is 9.53 Å². The van der Waals surface area contributed by atoms with Gasteiger partial charge in [0.25, 0.3) is 0 Å². The highest BCUT2D eigenvalue weighted by molar-refractivity contribution is 8.01. The van der Waals surface area contributed by atoms with Gasteiger partial charge in [-0.15, -0.1) is 11.8 Å². The number of esters is 1. The number of carbonyl (C=O) groups is 1. The Balaban J connectivity index is 1.74. The van der Waals surface area contributed by atoms with Crippen LogP contribution in [0.5, 0.6) is 0 Å². The molecule has 4 nitrogen and oxygen atoms in total. The average Bonchev–Trinajstić information content (AvgIpc) is 3.03. The van der Waals surface area contributed by atoms with Gasteiger partial charge in [-0.1, -0.05) is 49.8 Å². The fourth-order valence-corrected chi connectivity index (χ4v) is 6.60. The summed E-state index contributed by atoms with van der Waals surface area (Å²) in [4.78, 5) is 10.9. The van der Waals surface area contributed by atoms with Crippen LogP contribution in [0.2, 0.25) is 0 Å². The van der Waals surface area contributed by atoms with Gasteiger partial charge in [0.05, 0.1) is 11.9 Å². The Labute approximate surface area is 197 Å². The maximum absolute atomic E-state index is 12.1. The molecular formula is C27H40O4S. The van der Waals surface area contributed by atoms with Gasteiger partial charge in [0, 0.05) is 12.8 Å². The van der Waals surface area contributed by atoms with E-state index < -0.39 is 16.6 Å². The highest BCUT2D eigenvalue weighted by Gasteiger charge is 2.44. The van der Waals surface area contributed by atoms with E-state index in [4.69, 9.17) is 4.74 Å². The number of allylic oxidation sites excluding steroid dienone is 5. The Kier molecular flexibility index (Phi) is 7.53. The van der Waals surface area contributed by atoms with Gasteiger partial charge in [-0.25, -0.2) is 0 Å². The third kappa shape index (κ3) is 5.60. The van der Waals surface area contributed by atoms with Crippen molar-refractivity contribution in [2.45, 2.75) is 96.2 Å². The number of hydrogen-bond acceptors (Lipinski definition) is 5. The van der Waals surface area contributed by atoms with Crippen molar-refractivity contribution >= 4 is 17.7 Å². The predicted molar refractivity (Wildman–Crippen MR) is 132 cm³/mol. The number of hydrogen-bond donors (Lipinski definition) is 2. The third-order valence-corrected chi connectivity index (χ3v) is 8.49. The molecule has 3 rings (SSSR count). The van der Waals surface area contributed by atoms with Crippen LogP contribution >= 0.6 is 11.8 Å². The summed E-state index contributed by atoms with van der Waals surface area (Å²) in [6.45, 7) is 14.2. The molecule has 0 saturated heterocycles. The molecule has 0 aliphatic heterocycles. The lowest BCUT2D eigenvalue weighted by Gasteiger charge is -2.41.